The molecule has 0 bridgehead atoms. The number of benzene rings is 1. The van der Waals surface area contributed by atoms with E-state index in [1.807, 2.05) is 0 Å². The van der Waals surface area contributed by atoms with Crippen LogP contribution in [0, 0.1) is 12.7 Å². The van der Waals surface area contributed by atoms with Crippen molar-refractivity contribution in [1.29, 1.82) is 0 Å². The van der Waals surface area contributed by atoms with Crippen LogP contribution in [-0.4, -0.2) is 18.0 Å². The lowest BCUT2D eigenvalue weighted by Gasteiger charge is -2.05. The van der Waals surface area contributed by atoms with Crippen LogP contribution in [0.5, 0.6) is 5.75 Å². The van der Waals surface area contributed by atoms with Crippen molar-refractivity contribution in [2.24, 2.45) is 0 Å². The smallest absolute Gasteiger partial charge is 0.254 e. The molecule has 0 spiro atoms. The number of aromatic nitrogens is 1. The van der Waals surface area contributed by atoms with E-state index in [0.717, 1.165) is 6.07 Å². The molecule has 6 heteroatoms. The van der Waals surface area contributed by atoms with Gasteiger partial charge >= 0.3 is 0 Å². The van der Waals surface area contributed by atoms with Gasteiger partial charge in [-0.3, -0.25) is 4.79 Å². The number of rotatable bonds is 4. The maximum atomic E-state index is 13.6. The first-order valence-electron chi connectivity index (χ1n) is 5.63. The highest BCUT2D eigenvalue weighted by Gasteiger charge is 2.13. The minimum atomic E-state index is -0.638. The average Bonchev–Trinajstić information content (AvgIpc) is 2.81. The summed E-state index contributed by atoms with van der Waals surface area (Å²) in [7, 11) is 1.43. The van der Waals surface area contributed by atoms with Gasteiger partial charge in [0.1, 0.15) is 17.3 Å². The summed E-state index contributed by atoms with van der Waals surface area (Å²) < 4.78 is 23.7. The average molecular weight is 264 g/mol. The van der Waals surface area contributed by atoms with E-state index in [0.29, 0.717) is 17.4 Å². The number of nitrogens with one attached hydrogen (secondary N) is 1. The zero-order valence-electron chi connectivity index (χ0n) is 10.6. The Morgan fingerprint density at radius 3 is 2.89 bits per heavy atom. The fourth-order valence-electron chi connectivity index (χ4n) is 1.54. The molecule has 2 aromatic rings. The molecule has 100 valence electrons. The molecule has 0 unspecified atom stereocenters. The Balaban J connectivity index is 2.03. The van der Waals surface area contributed by atoms with Crippen LogP contribution < -0.4 is 10.1 Å². The molecule has 0 saturated carbocycles. The minimum absolute atomic E-state index is 0.0518. The molecule has 1 aromatic heterocycles. The maximum absolute atomic E-state index is 13.6. The van der Waals surface area contributed by atoms with Crippen LogP contribution in [0.25, 0.3) is 0 Å². The van der Waals surface area contributed by atoms with Crippen molar-refractivity contribution in [1.82, 2.24) is 10.3 Å². The molecule has 19 heavy (non-hydrogen) atoms. The Morgan fingerprint density at radius 1 is 1.53 bits per heavy atom. The lowest BCUT2D eigenvalue weighted by Crippen LogP contribution is -2.24. The Bertz CT molecular complexity index is 595. The van der Waals surface area contributed by atoms with Gasteiger partial charge in [-0.05, 0) is 19.1 Å². The molecule has 1 aromatic carbocycles. The molecule has 0 fully saturated rings. The van der Waals surface area contributed by atoms with Gasteiger partial charge in [0, 0.05) is 6.07 Å². The van der Waals surface area contributed by atoms with Gasteiger partial charge in [0.05, 0.1) is 25.4 Å². The second-order valence-corrected chi connectivity index (χ2v) is 3.89. The molecular formula is C13H13FN2O3. The predicted octanol–water partition coefficient (Wildman–Crippen LogP) is 2.06. The number of hydrogen-bond acceptors (Lipinski definition) is 4. The first-order valence-corrected chi connectivity index (χ1v) is 5.63. The monoisotopic (exact) mass is 264 g/mol. The summed E-state index contributed by atoms with van der Waals surface area (Å²) in [6, 6.07) is 4.04. The molecule has 0 aliphatic heterocycles. The van der Waals surface area contributed by atoms with Crippen molar-refractivity contribution in [3.8, 4) is 5.75 Å². The zero-order chi connectivity index (χ0) is 13.8. The van der Waals surface area contributed by atoms with Crippen molar-refractivity contribution in [2.45, 2.75) is 13.5 Å². The fourth-order valence-corrected chi connectivity index (χ4v) is 1.54. The quantitative estimate of drug-likeness (QED) is 0.918. The Hall–Kier alpha value is -2.37. The first-order chi connectivity index (χ1) is 9.10. The van der Waals surface area contributed by atoms with Gasteiger partial charge < -0.3 is 14.5 Å². The van der Waals surface area contributed by atoms with E-state index in [1.165, 1.54) is 19.2 Å². The molecule has 0 aliphatic rings. The molecule has 0 radical (unpaired) electrons. The molecule has 1 heterocycles. The largest absolute Gasteiger partial charge is 0.497 e. The summed E-state index contributed by atoms with van der Waals surface area (Å²) >= 11 is 0. The summed E-state index contributed by atoms with van der Waals surface area (Å²) in [6.45, 7) is 1.86. The molecule has 2 rings (SSSR count). The van der Waals surface area contributed by atoms with Crippen LogP contribution in [0.1, 0.15) is 22.0 Å². The van der Waals surface area contributed by atoms with Crippen LogP contribution in [0.15, 0.2) is 28.8 Å². The third kappa shape index (κ3) is 3.09. The van der Waals surface area contributed by atoms with Crippen molar-refractivity contribution < 1.29 is 18.3 Å². The van der Waals surface area contributed by atoms with Gasteiger partial charge in [0.25, 0.3) is 5.91 Å². The number of nitrogens with zero attached hydrogens (tertiary/aromatic N) is 1. The number of halogens is 1. The highest BCUT2D eigenvalue weighted by atomic mass is 19.1. The number of amides is 1. The highest BCUT2D eigenvalue weighted by molar-refractivity contribution is 5.94. The normalized spacial score (nSPS) is 10.3. The number of ether oxygens (including phenoxy) is 1. The Kier molecular flexibility index (Phi) is 3.79. The standard InChI is InChI=1S/C13H13FN2O3/c1-8-6-15-12(19-8)7-16-13(17)10-4-3-9(18-2)5-11(10)14/h3-6H,7H2,1-2H3,(H,16,17). The molecule has 1 N–H and O–H groups in total. The number of carbonyl (C=O) groups excluding carboxylic acids is 1. The van der Waals surface area contributed by atoms with Crippen LogP contribution >= 0.6 is 0 Å². The Morgan fingerprint density at radius 2 is 2.32 bits per heavy atom. The summed E-state index contributed by atoms with van der Waals surface area (Å²) in [6.07, 6.45) is 1.55. The second kappa shape index (κ2) is 5.51. The molecule has 5 nitrogen and oxygen atoms in total. The van der Waals surface area contributed by atoms with Crippen LogP contribution in [0.2, 0.25) is 0 Å². The summed E-state index contributed by atoms with van der Waals surface area (Å²) in [5, 5.41) is 2.53. The number of oxazole rings is 1. The van der Waals surface area contributed by atoms with Crippen molar-refractivity contribution in [3.05, 3.63) is 47.4 Å². The predicted molar refractivity (Wildman–Crippen MR) is 65.4 cm³/mol. The molecule has 0 atom stereocenters. The molecular weight excluding hydrogens is 251 g/mol. The van der Waals surface area contributed by atoms with Gasteiger partial charge in [0.15, 0.2) is 0 Å². The summed E-state index contributed by atoms with van der Waals surface area (Å²) in [5.74, 6) is 0.216. The van der Waals surface area contributed by atoms with Gasteiger partial charge in [-0.2, -0.15) is 0 Å². The highest BCUT2D eigenvalue weighted by Crippen LogP contribution is 2.16. The van der Waals surface area contributed by atoms with Crippen molar-refractivity contribution >= 4 is 5.91 Å². The van der Waals surface area contributed by atoms with Gasteiger partial charge in [-0.15, -0.1) is 0 Å². The summed E-state index contributed by atoms with van der Waals surface area (Å²) in [4.78, 5) is 15.7. The lowest BCUT2D eigenvalue weighted by molar-refractivity contribution is 0.0943. The fraction of sp³-hybridized carbons (Fsp3) is 0.231. The van der Waals surface area contributed by atoms with E-state index in [9.17, 15) is 9.18 Å². The van der Waals surface area contributed by atoms with E-state index in [2.05, 4.69) is 10.3 Å². The van der Waals surface area contributed by atoms with Gasteiger partial charge in [-0.25, -0.2) is 9.37 Å². The topological polar surface area (TPSA) is 64.4 Å². The van der Waals surface area contributed by atoms with E-state index in [-0.39, 0.29) is 12.1 Å². The summed E-state index contributed by atoms with van der Waals surface area (Å²) in [5.41, 5.74) is -0.0518. The lowest BCUT2D eigenvalue weighted by atomic mass is 10.2. The third-order valence-corrected chi connectivity index (χ3v) is 2.49. The van der Waals surface area contributed by atoms with Crippen LogP contribution in [0.4, 0.5) is 4.39 Å². The molecule has 0 aliphatic carbocycles. The van der Waals surface area contributed by atoms with Crippen molar-refractivity contribution in [3.63, 3.8) is 0 Å². The molecule has 1 amide bonds. The van der Waals surface area contributed by atoms with E-state index in [4.69, 9.17) is 9.15 Å². The number of methoxy groups -OCH3 is 1. The first kappa shape index (κ1) is 13.1. The van der Waals surface area contributed by atoms with Crippen molar-refractivity contribution in [2.75, 3.05) is 7.11 Å². The van der Waals surface area contributed by atoms with Crippen LogP contribution in [0.3, 0.4) is 0 Å². The van der Waals surface area contributed by atoms with Gasteiger partial charge in [-0.1, -0.05) is 0 Å². The molecule has 0 saturated heterocycles. The Labute approximate surface area is 109 Å². The zero-order valence-corrected chi connectivity index (χ0v) is 10.6. The SMILES string of the molecule is COc1ccc(C(=O)NCc2ncc(C)o2)c(F)c1. The van der Waals surface area contributed by atoms with E-state index < -0.39 is 11.7 Å². The maximum Gasteiger partial charge on any atom is 0.254 e. The minimum Gasteiger partial charge on any atom is -0.497 e. The van der Waals surface area contributed by atoms with E-state index >= 15 is 0 Å². The number of hydrogen-bond donors (Lipinski definition) is 1. The number of aryl methyl sites for hydroxylation is 1. The van der Waals surface area contributed by atoms with Gasteiger partial charge in [0.2, 0.25) is 5.89 Å². The van der Waals surface area contributed by atoms with E-state index in [1.54, 1.807) is 13.1 Å². The third-order valence-electron chi connectivity index (χ3n) is 2.49. The second-order valence-electron chi connectivity index (χ2n) is 3.89. The number of carbonyl (C=O) groups is 1. The van der Waals surface area contributed by atoms with Crippen LogP contribution in [-0.2, 0) is 6.54 Å².